The molecule has 7 nitrogen and oxygen atoms in total. The van der Waals surface area contributed by atoms with Gasteiger partial charge in [0.25, 0.3) is 5.91 Å². The van der Waals surface area contributed by atoms with Crippen molar-refractivity contribution in [1.29, 1.82) is 0 Å². The number of nitrogens with zero attached hydrogens (tertiary/aromatic N) is 4. The molecule has 0 spiro atoms. The fourth-order valence-corrected chi connectivity index (χ4v) is 3.67. The second kappa shape index (κ2) is 8.16. The van der Waals surface area contributed by atoms with Gasteiger partial charge in [0.1, 0.15) is 5.82 Å². The number of amides is 1. The molecule has 29 heavy (non-hydrogen) atoms. The number of piperidine rings is 1. The SMILES string of the molecule is CCn1ncc2c(NC3CCN(C)CC3)c(C(=O)Nc3ccc(F)cc3)cnc21. The Morgan fingerprint density at radius 2 is 1.93 bits per heavy atom. The highest BCUT2D eigenvalue weighted by Gasteiger charge is 2.23. The van der Waals surface area contributed by atoms with E-state index in [1.165, 1.54) is 12.1 Å². The Bertz CT molecular complexity index is 1010. The first-order valence-corrected chi connectivity index (χ1v) is 9.91. The second-order valence-electron chi connectivity index (χ2n) is 7.43. The third-order valence-corrected chi connectivity index (χ3v) is 5.38. The van der Waals surface area contributed by atoms with Gasteiger partial charge in [-0.25, -0.2) is 14.1 Å². The Kier molecular flexibility index (Phi) is 5.44. The van der Waals surface area contributed by atoms with Crippen LogP contribution in [0.25, 0.3) is 11.0 Å². The zero-order chi connectivity index (χ0) is 20.4. The van der Waals surface area contributed by atoms with Crippen LogP contribution in [0.3, 0.4) is 0 Å². The van der Waals surface area contributed by atoms with Crippen molar-refractivity contribution in [2.75, 3.05) is 30.8 Å². The Morgan fingerprint density at radius 1 is 1.21 bits per heavy atom. The normalized spacial score (nSPS) is 15.6. The maximum atomic E-state index is 13.2. The molecule has 0 radical (unpaired) electrons. The number of hydrogen-bond donors (Lipinski definition) is 2. The number of anilines is 2. The van der Waals surface area contributed by atoms with Gasteiger partial charge in [0.15, 0.2) is 5.65 Å². The van der Waals surface area contributed by atoms with Gasteiger partial charge in [-0.15, -0.1) is 0 Å². The summed E-state index contributed by atoms with van der Waals surface area (Å²) in [6, 6.07) is 6.00. The van der Waals surface area contributed by atoms with Crippen molar-refractivity contribution in [3.63, 3.8) is 0 Å². The number of hydrogen-bond acceptors (Lipinski definition) is 5. The standard InChI is InChI=1S/C21H25FN6O/c1-3-28-20-17(13-24-28)19(25-16-8-10-27(2)11-9-16)18(12-23-20)21(29)26-15-6-4-14(22)5-7-15/h4-7,12-13,16H,3,8-11H2,1-2H3,(H,23,25)(H,26,29). The lowest BCUT2D eigenvalue weighted by Crippen LogP contribution is -2.37. The fourth-order valence-electron chi connectivity index (χ4n) is 3.67. The topological polar surface area (TPSA) is 75.1 Å². The molecule has 2 aromatic heterocycles. The minimum atomic E-state index is -0.345. The van der Waals surface area contributed by atoms with Crippen LogP contribution >= 0.6 is 0 Å². The minimum Gasteiger partial charge on any atom is -0.381 e. The molecule has 1 aliphatic heterocycles. The third kappa shape index (κ3) is 4.07. The maximum absolute atomic E-state index is 13.2. The molecule has 8 heteroatoms. The molecule has 152 valence electrons. The van der Waals surface area contributed by atoms with E-state index < -0.39 is 0 Å². The molecule has 1 saturated heterocycles. The van der Waals surface area contributed by atoms with E-state index in [9.17, 15) is 9.18 Å². The van der Waals surface area contributed by atoms with Crippen LogP contribution in [0.15, 0.2) is 36.7 Å². The molecule has 0 atom stereocenters. The second-order valence-corrected chi connectivity index (χ2v) is 7.43. The molecule has 1 fully saturated rings. The number of carbonyl (C=O) groups is 1. The molecule has 2 N–H and O–H groups in total. The van der Waals surface area contributed by atoms with Gasteiger partial charge in [0.05, 0.1) is 22.8 Å². The van der Waals surface area contributed by atoms with Crippen LogP contribution in [0.1, 0.15) is 30.1 Å². The van der Waals surface area contributed by atoms with E-state index in [-0.39, 0.29) is 17.8 Å². The first-order valence-electron chi connectivity index (χ1n) is 9.91. The highest BCUT2D eigenvalue weighted by Crippen LogP contribution is 2.29. The number of aromatic nitrogens is 3. The summed E-state index contributed by atoms with van der Waals surface area (Å²) in [5, 5.41) is 11.7. The van der Waals surface area contributed by atoms with Crippen LogP contribution in [0.2, 0.25) is 0 Å². The van der Waals surface area contributed by atoms with Gasteiger partial charge in [-0.05, 0) is 64.2 Å². The first-order chi connectivity index (χ1) is 14.0. The highest BCUT2D eigenvalue weighted by molar-refractivity contribution is 6.12. The number of benzene rings is 1. The summed E-state index contributed by atoms with van der Waals surface area (Å²) in [6.07, 6.45) is 5.35. The van der Waals surface area contributed by atoms with Gasteiger partial charge >= 0.3 is 0 Å². The number of fused-ring (bicyclic) bond motifs is 1. The molecule has 0 aliphatic carbocycles. The van der Waals surface area contributed by atoms with Crippen molar-refractivity contribution in [1.82, 2.24) is 19.7 Å². The van der Waals surface area contributed by atoms with Crippen molar-refractivity contribution in [2.45, 2.75) is 32.4 Å². The van der Waals surface area contributed by atoms with Gasteiger partial charge in [-0.2, -0.15) is 5.10 Å². The maximum Gasteiger partial charge on any atom is 0.259 e. The monoisotopic (exact) mass is 396 g/mol. The van der Waals surface area contributed by atoms with E-state index >= 15 is 0 Å². The lowest BCUT2D eigenvalue weighted by atomic mass is 10.0. The van der Waals surface area contributed by atoms with Crippen molar-refractivity contribution < 1.29 is 9.18 Å². The van der Waals surface area contributed by atoms with Crippen LogP contribution < -0.4 is 10.6 Å². The van der Waals surface area contributed by atoms with Crippen molar-refractivity contribution >= 4 is 28.3 Å². The first kappa shape index (κ1) is 19.3. The fraction of sp³-hybridized carbons (Fsp3) is 0.381. The summed E-state index contributed by atoms with van der Waals surface area (Å²) in [7, 11) is 2.12. The largest absolute Gasteiger partial charge is 0.381 e. The van der Waals surface area contributed by atoms with Crippen LogP contribution in [0.5, 0.6) is 0 Å². The van der Waals surface area contributed by atoms with Crippen LogP contribution in [-0.2, 0) is 6.54 Å². The van der Waals surface area contributed by atoms with E-state index in [1.807, 2.05) is 11.6 Å². The summed E-state index contributed by atoms with van der Waals surface area (Å²) >= 11 is 0. The van der Waals surface area contributed by atoms with Crippen LogP contribution in [0, 0.1) is 5.82 Å². The molecule has 3 aromatic rings. The summed E-state index contributed by atoms with van der Waals surface area (Å²) in [5.74, 6) is -0.631. The number of likely N-dealkylation sites (tertiary alicyclic amines) is 1. The Labute approximate surface area is 168 Å². The summed E-state index contributed by atoms with van der Waals surface area (Å²) in [5.41, 5.74) is 2.49. The Balaban J connectivity index is 1.68. The number of halogens is 1. The van der Waals surface area contributed by atoms with Crippen molar-refractivity contribution in [3.05, 3.63) is 48.0 Å². The van der Waals surface area contributed by atoms with Gasteiger partial charge in [0.2, 0.25) is 0 Å². The van der Waals surface area contributed by atoms with E-state index in [1.54, 1.807) is 24.5 Å². The molecule has 4 rings (SSSR count). The van der Waals surface area contributed by atoms with E-state index in [2.05, 4.69) is 32.7 Å². The van der Waals surface area contributed by atoms with E-state index in [4.69, 9.17) is 0 Å². The number of nitrogens with one attached hydrogen (secondary N) is 2. The van der Waals surface area contributed by atoms with E-state index in [0.29, 0.717) is 17.8 Å². The molecule has 1 aromatic carbocycles. The Morgan fingerprint density at radius 3 is 2.62 bits per heavy atom. The number of rotatable bonds is 5. The molecular formula is C21H25FN6O. The zero-order valence-corrected chi connectivity index (χ0v) is 16.7. The summed E-state index contributed by atoms with van der Waals surface area (Å²) in [4.78, 5) is 19.8. The quantitative estimate of drug-likeness (QED) is 0.692. The Hall–Kier alpha value is -3.00. The number of aryl methyl sites for hydroxylation is 1. The van der Waals surface area contributed by atoms with Crippen LogP contribution in [-0.4, -0.2) is 51.8 Å². The lowest BCUT2D eigenvalue weighted by Gasteiger charge is -2.30. The molecule has 0 bridgehead atoms. The lowest BCUT2D eigenvalue weighted by molar-refractivity contribution is 0.102. The summed E-state index contributed by atoms with van der Waals surface area (Å²) < 4.78 is 15.0. The molecule has 0 unspecified atom stereocenters. The third-order valence-electron chi connectivity index (χ3n) is 5.38. The van der Waals surface area contributed by atoms with Crippen LogP contribution in [0.4, 0.5) is 15.8 Å². The van der Waals surface area contributed by atoms with Gasteiger partial charge in [-0.1, -0.05) is 0 Å². The smallest absolute Gasteiger partial charge is 0.259 e. The molecule has 1 amide bonds. The average Bonchev–Trinajstić information content (AvgIpc) is 3.15. The minimum absolute atomic E-state index is 0.277. The molecule has 3 heterocycles. The number of pyridine rings is 1. The van der Waals surface area contributed by atoms with Gasteiger partial charge in [-0.3, -0.25) is 4.79 Å². The average molecular weight is 396 g/mol. The van der Waals surface area contributed by atoms with Crippen molar-refractivity contribution in [3.8, 4) is 0 Å². The molecule has 1 aliphatic rings. The highest BCUT2D eigenvalue weighted by atomic mass is 19.1. The van der Waals surface area contributed by atoms with Crippen molar-refractivity contribution in [2.24, 2.45) is 0 Å². The van der Waals surface area contributed by atoms with E-state index in [0.717, 1.165) is 42.7 Å². The molecular weight excluding hydrogens is 371 g/mol. The predicted octanol–water partition coefficient (Wildman–Crippen LogP) is 3.35. The number of carbonyl (C=O) groups excluding carboxylic acids is 1. The van der Waals surface area contributed by atoms with Gasteiger partial charge in [0, 0.05) is 24.5 Å². The summed E-state index contributed by atoms with van der Waals surface area (Å²) in [6.45, 7) is 4.73. The molecule has 0 saturated carbocycles. The zero-order valence-electron chi connectivity index (χ0n) is 16.7. The predicted molar refractivity (Wildman–Crippen MR) is 112 cm³/mol. The van der Waals surface area contributed by atoms with Gasteiger partial charge < -0.3 is 15.5 Å².